The van der Waals surface area contributed by atoms with Crippen LogP contribution in [0.3, 0.4) is 0 Å². The zero-order valence-corrected chi connectivity index (χ0v) is 7.34. The van der Waals surface area contributed by atoms with Gasteiger partial charge in [-0.3, -0.25) is 4.79 Å². The monoisotopic (exact) mass is 183 g/mol. The minimum absolute atomic E-state index is 0.142. The van der Waals surface area contributed by atoms with Gasteiger partial charge in [0.2, 0.25) is 0 Å². The Balaban J connectivity index is 2.16. The summed E-state index contributed by atoms with van der Waals surface area (Å²) in [6.45, 7) is 0.820. The maximum absolute atomic E-state index is 10.4. The van der Waals surface area contributed by atoms with Gasteiger partial charge in [0, 0.05) is 12.8 Å². The van der Waals surface area contributed by atoms with Crippen molar-refractivity contribution in [2.45, 2.75) is 18.9 Å². The lowest BCUT2D eigenvalue weighted by Crippen LogP contribution is -1.93. The van der Waals surface area contributed by atoms with E-state index >= 15 is 0 Å². The van der Waals surface area contributed by atoms with Crippen LogP contribution in [0.4, 0.5) is 0 Å². The molecule has 0 aliphatic carbocycles. The number of hydrogen-bond donors (Lipinski definition) is 0. The lowest BCUT2D eigenvalue weighted by Gasteiger charge is -2.02. The first-order chi connectivity index (χ1) is 5.90. The summed E-state index contributed by atoms with van der Waals surface area (Å²) in [6, 6.07) is 0. The Morgan fingerprint density at radius 1 is 1.75 bits per heavy atom. The molecular weight excluding hydrogens is 174 g/mol. The number of aromatic nitrogens is 1. The van der Waals surface area contributed by atoms with Gasteiger partial charge in [-0.2, -0.15) is 0 Å². The van der Waals surface area contributed by atoms with Crippen LogP contribution >= 0.6 is 11.3 Å². The summed E-state index contributed by atoms with van der Waals surface area (Å²) in [4.78, 5) is 15.2. The minimum atomic E-state index is 0.142. The number of carbonyl (C=O) groups is 1. The molecule has 0 unspecified atom stereocenters. The van der Waals surface area contributed by atoms with Gasteiger partial charge >= 0.3 is 0 Å². The second-order valence-electron chi connectivity index (χ2n) is 2.72. The lowest BCUT2D eigenvalue weighted by molar-refractivity contribution is 0.111. The third-order valence-electron chi connectivity index (χ3n) is 1.86. The zero-order valence-electron chi connectivity index (χ0n) is 6.53. The van der Waals surface area contributed by atoms with Crippen molar-refractivity contribution in [2.24, 2.45) is 0 Å². The summed E-state index contributed by atoms with van der Waals surface area (Å²) in [7, 11) is 0. The molecule has 1 aliphatic heterocycles. The molecule has 1 aliphatic rings. The summed E-state index contributed by atoms with van der Waals surface area (Å²) >= 11 is 1.43. The highest BCUT2D eigenvalue weighted by atomic mass is 32.1. The molecule has 2 heterocycles. The summed E-state index contributed by atoms with van der Waals surface area (Å²) < 4.78 is 5.43. The number of aldehydes is 1. The lowest BCUT2D eigenvalue weighted by atomic mass is 10.2. The first-order valence-corrected chi connectivity index (χ1v) is 4.74. The molecule has 1 fully saturated rings. The van der Waals surface area contributed by atoms with Gasteiger partial charge in [0.05, 0.1) is 4.88 Å². The smallest absolute Gasteiger partial charge is 0.161 e. The highest BCUT2D eigenvalue weighted by molar-refractivity contribution is 7.13. The standard InChI is InChI=1S/C8H9NO2S/c10-5-6-4-9-8(12-6)7-2-1-3-11-7/h4-5,7H,1-3H2/t7-/m0/s1. The van der Waals surface area contributed by atoms with Gasteiger partial charge < -0.3 is 4.74 Å². The Kier molecular flexibility index (Phi) is 2.19. The van der Waals surface area contributed by atoms with Crippen LogP contribution in [0.15, 0.2) is 6.20 Å². The summed E-state index contributed by atoms with van der Waals surface area (Å²) in [6.07, 6.45) is 4.71. The molecule has 1 aromatic heterocycles. The number of thiazole rings is 1. The fourth-order valence-corrected chi connectivity index (χ4v) is 2.09. The molecule has 1 saturated heterocycles. The van der Waals surface area contributed by atoms with Crippen LogP contribution in [0.1, 0.15) is 33.6 Å². The van der Waals surface area contributed by atoms with Crippen molar-refractivity contribution in [1.29, 1.82) is 0 Å². The van der Waals surface area contributed by atoms with E-state index in [1.807, 2.05) is 0 Å². The van der Waals surface area contributed by atoms with E-state index in [2.05, 4.69) is 4.98 Å². The number of hydrogen-bond acceptors (Lipinski definition) is 4. The van der Waals surface area contributed by atoms with Crippen LogP contribution in [0.2, 0.25) is 0 Å². The maximum Gasteiger partial charge on any atom is 0.161 e. The van der Waals surface area contributed by atoms with Gasteiger partial charge in [-0.05, 0) is 12.8 Å². The number of ether oxygens (including phenoxy) is 1. The van der Waals surface area contributed by atoms with Crippen molar-refractivity contribution >= 4 is 17.6 Å². The van der Waals surface area contributed by atoms with Gasteiger partial charge in [0.25, 0.3) is 0 Å². The number of nitrogens with zero attached hydrogens (tertiary/aromatic N) is 1. The highest BCUT2D eigenvalue weighted by Crippen LogP contribution is 2.30. The van der Waals surface area contributed by atoms with Gasteiger partial charge in [-0.1, -0.05) is 0 Å². The summed E-state index contributed by atoms with van der Waals surface area (Å²) in [5, 5.41) is 0.939. The average Bonchev–Trinajstić information content (AvgIpc) is 2.75. The first kappa shape index (κ1) is 7.89. The van der Waals surface area contributed by atoms with Crippen LogP contribution in [-0.2, 0) is 4.74 Å². The minimum Gasteiger partial charge on any atom is -0.371 e. The van der Waals surface area contributed by atoms with E-state index in [0.29, 0.717) is 4.88 Å². The van der Waals surface area contributed by atoms with E-state index in [-0.39, 0.29) is 6.10 Å². The molecule has 0 spiro atoms. The molecule has 1 aromatic rings. The Labute approximate surface area is 74.4 Å². The largest absolute Gasteiger partial charge is 0.371 e. The molecule has 0 bridgehead atoms. The molecule has 4 heteroatoms. The van der Waals surface area contributed by atoms with Crippen LogP contribution < -0.4 is 0 Å². The van der Waals surface area contributed by atoms with Crippen LogP contribution in [-0.4, -0.2) is 17.9 Å². The quantitative estimate of drug-likeness (QED) is 0.656. The van der Waals surface area contributed by atoms with Crippen molar-refractivity contribution in [1.82, 2.24) is 4.98 Å². The zero-order chi connectivity index (χ0) is 8.39. The number of carbonyl (C=O) groups excluding carboxylic acids is 1. The molecule has 0 amide bonds. The normalized spacial score (nSPS) is 22.8. The van der Waals surface area contributed by atoms with E-state index in [4.69, 9.17) is 4.74 Å². The SMILES string of the molecule is O=Cc1cnc([C@@H]2CCCO2)s1. The van der Waals surface area contributed by atoms with E-state index in [1.165, 1.54) is 11.3 Å². The molecule has 0 aromatic carbocycles. The molecular formula is C8H9NO2S. The molecule has 0 radical (unpaired) electrons. The van der Waals surface area contributed by atoms with E-state index in [0.717, 1.165) is 30.7 Å². The topological polar surface area (TPSA) is 39.2 Å². The molecule has 2 rings (SSSR count). The van der Waals surface area contributed by atoms with Crippen LogP contribution in [0.25, 0.3) is 0 Å². The second kappa shape index (κ2) is 3.33. The van der Waals surface area contributed by atoms with Crippen molar-refractivity contribution < 1.29 is 9.53 Å². The van der Waals surface area contributed by atoms with Crippen molar-refractivity contribution in [2.75, 3.05) is 6.61 Å². The highest BCUT2D eigenvalue weighted by Gasteiger charge is 2.20. The van der Waals surface area contributed by atoms with E-state index < -0.39 is 0 Å². The molecule has 0 saturated carbocycles. The first-order valence-electron chi connectivity index (χ1n) is 3.92. The summed E-state index contributed by atoms with van der Waals surface area (Å²) in [5.74, 6) is 0. The Morgan fingerprint density at radius 2 is 2.67 bits per heavy atom. The average molecular weight is 183 g/mol. The third kappa shape index (κ3) is 1.40. The van der Waals surface area contributed by atoms with Gasteiger partial charge in [-0.25, -0.2) is 4.98 Å². The van der Waals surface area contributed by atoms with Gasteiger partial charge in [0.1, 0.15) is 11.1 Å². The van der Waals surface area contributed by atoms with Gasteiger partial charge in [0.15, 0.2) is 6.29 Å². The van der Waals surface area contributed by atoms with Crippen LogP contribution in [0.5, 0.6) is 0 Å². The fourth-order valence-electron chi connectivity index (χ4n) is 1.28. The summed E-state index contributed by atoms with van der Waals surface area (Å²) in [5.41, 5.74) is 0. The number of rotatable bonds is 2. The second-order valence-corrected chi connectivity index (χ2v) is 3.81. The predicted molar refractivity (Wildman–Crippen MR) is 45.4 cm³/mol. The van der Waals surface area contributed by atoms with Crippen molar-refractivity contribution in [3.8, 4) is 0 Å². The van der Waals surface area contributed by atoms with E-state index in [1.54, 1.807) is 6.20 Å². The third-order valence-corrected chi connectivity index (χ3v) is 2.88. The predicted octanol–water partition coefficient (Wildman–Crippen LogP) is 1.81. The molecule has 64 valence electrons. The molecule has 12 heavy (non-hydrogen) atoms. The molecule has 0 N–H and O–H groups in total. The van der Waals surface area contributed by atoms with Gasteiger partial charge in [-0.15, -0.1) is 11.3 Å². The van der Waals surface area contributed by atoms with E-state index in [9.17, 15) is 4.79 Å². The van der Waals surface area contributed by atoms with Crippen molar-refractivity contribution in [3.63, 3.8) is 0 Å². The van der Waals surface area contributed by atoms with Crippen LogP contribution in [0, 0.1) is 0 Å². The van der Waals surface area contributed by atoms with Crippen molar-refractivity contribution in [3.05, 3.63) is 16.1 Å². The Hall–Kier alpha value is -0.740. The fraction of sp³-hybridized carbons (Fsp3) is 0.500. The maximum atomic E-state index is 10.4. The molecule has 1 atom stereocenters. The Morgan fingerprint density at radius 3 is 3.25 bits per heavy atom. The Bertz CT molecular complexity index is 278. The molecule has 3 nitrogen and oxygen atoms in total.